The van der Waals surface area contributed by atoms with E-state index in [9.17, 15) is 5.11 Å². The minimum absolute atomic E-state index is 0.0988. The Labute approximate surface area is 172 Å². The molecule has 8 heteroatoms. The van der Waals surface area contributed by atoms with E-state index < -0.39 is 11.9 Å². The first-order chi connectivity index (χ1) is 13.2. The van der Waals surface area contributed by atoms with Crippen molar-refractivity contribution in [2.75, 3.05) is 0 Å². The number of hydrogen-bond acceptors (Lipinski definition) is 4. The number of carboxylic acids is 2. The quantitative estimate of drug-likeness (QED) is 0.543. The molecular weight excluding hydrogens is 405 g/mol. The molecule has 0 bridgehead atoms. The van der Waals surface area contributed by atoms with E-state index in [4.69, 9.17) is 43.0 Å². The minimum atomic E-state index is -1.82. The van der Waals surface area contributed by atoms with Crippen molar-refractivity contribution in [3.63, 3.8) is 0 Å². The van der Waals surface area contributed by atoms with Gasteiger partial charge in [-0.05, 0) is 41.8 Å². The molecular formula is C20H21Cl2NO5. The van der Waals surface area contributed by atoms with Crippen molar-refractivity contribution in [1.29, 1.82) is 0 Å². The fraction of sp³-hybridized carbons (Fsp3) is 0.300. The zero-order valence-electron chi connectivity index (χ0n) is 15.0. The number of nitrogens with one attached hydrogen (secondary N) is 1. The summed E-state index contributed by atoms with van der Waals surface area (Å²) in [7, 11) is 0. The predicted molar refractivity (Wildman–Crippen MR) is 107 cm³/mol. The highest BCUT2D eigenvalue weighted by atomic mass is 35.5. The van der Waals surface area contributed by atoms with Gasteiger partial charge in [0.2, 0.25) is 0 Å². The van der Waals surface area contributed by atoms with Crippen LogP contribution in [0.4, 0.5) is 0 Å². The maximum atomic E-state index is 10.5. The zero-order chi connectivity index (χ0) is 20.8. The number of aliphatic hydroxyl groups is 1. The highest BCUT2D eigenvalue weighted by Gasteiger charge is 2.35. The first-order valence-corrected chi connectivity index (χ1v) is 9.36. The standard InChI is InChI=1S/C18H19Cl2NO.C2H2O4/c1-11-17(22)10-16(12-2-6-14(19)7-3-12)21-18(11)13-4-8-15(20)9-5-13;3-1(4)2(5)6/h2-9,11,16-18,21-22H,10H2,1H3;(H,3,4)(H,5,6). The van der Waals surface area contributed by atoms with Gasteiger partial charge in [0.25, 0.3) is 0 Å². The van der Waals surface area contributed by atoms with Gasteiger partial charge in [-0.3, -0.25) is 0 Å². The number of hydrogen-bond donors (Lipinski definition) is 4. The summed E-state index contributed by atoms with van der Waals surface area (Å²) in [6.07, 6.45) is 0.356. The molecule has 1 aliphatic rings. The number of piperidine rings is 1. The Kier molecular flexibility index (Phi) is 7.83. The molecule has 6 nitrogen and oxygen atoms in total. The van der Waals surface area contributed by atoms with E-state index in [2.05, 4.69) is 12.2 Å². The second-order valence-electron chi connectivity index (χ2n) is 6.57. The third-order valence-corrected chi connectivity index (χ3v) is 5.18. The van der Waals surface area contributed by atoms with E-state index in [0.29, 0.717) is 6.42 Å². The zero-order valence-corrected chi connectivity index (χ0v) is 16.6. The van der Waals surface area contributed by atoms with Crippen molar-refractivity contribution in [3.8, 4) is 0 Å². The van der Waals surface area contributed by atoms with Gasteiger partial charge >= 0.3 is 11.9 Å². The van der Waals surface area contributed by atoms with Crippen molar-refractivity contribution in [2.45, 2.75) is 31.5 Å². The van der Waals surface area contributed by atoms with Gasteiger partial charge in [-0.15, -0.1) is 0 Å². The fourth-order valence-corrected chi connectivity index (χ4v) is 3.36. The molecule has 4 unspecified atom stereocenters. The van der Waals surface area contributed by atoms with Crippen LogP contribution in [0.2, 0.25) is 10.0 Å². The van der Waals surface area contributed by atoms with Crippen LogP contribution >= 0.6 is 23.2 Å². The number of rotatable bonds is 2. The molecule has 0 radical (unpaired) electrons. The number of halogens is 2. The van der Waals surface area contributed by atoms with Crippen LogP contribution in [0.25, 0.3) is 0 Å². The summed E-state index contributed by atoms with van der Waals surface area (Å²) in [5.74, 6) is -3.50. The molecule has 3 rings (SSSR count). The lowest BCUT2D eigenvalue weighted by molar-refractivity contribution is -0.159. The van der Waals surface area contributed by atoms with Crippen molar-refractivity contribution in [1.82, 2.24) is 5.32 Å². The Hall–Kier alpha value is -2.12. The van der Waals surface area contributed by atoms with E-state index >= 15 is 0 Å². The van der Waals surface area contributed by atoms with Gasteiger partial charge in [0.15, 0.2) is 0 Å². The van der Waals surface area contributed by atoms with Gasteiger partial charge in [0.05, 0.1) is 6.10 Å². The molecule has 1 saturated heterocycles. The van der Waals surface area contributed by atoms with Gasteiger partial charge < -0.3 is 20.6 Å². The van der Waals surface area contributed by atoms with Crippen LogP contribution in [-0.4, -0.2) is 33.4 Å². The van der Waals surface area contributed by atoms with Gasteiger partial charge in [0, 0.05) is 28.0 Å². The molecule has 4 N–H and O–H groups in total. The molecule has 0 spiro atoms. The summed E-state index contributed by atoms with van der Waals surface area (Å²) in [4.78, 5) is 18.2. The second-order valence-corrected chi connectivity index (χ2v) is 7.45. The average molecular weight is 426 g/mol. The van der Waals surface area contributed by atoms with Crippen LogP contribution in [0.5, 0.6) is 0 Å². The molecule has 28 heavy (non-hydrogen) atoms. The monoisotopic (exact) mass is 425 g/mol. The van der Waals surface area contributed by atoms with Crippen molar-refractivity contribution < 1.29 is 24.9 Å². The molecule has 2 aromatic rings. The van der Waals surface area contributed by atoms with E-state index in [0.717, 1.165) is 21.2 Å². The van der Waals surface area contributed by atoms with Gasteiger partial charge in [-0.25, -0.2) is 9.59 Å². The fourth-order valence-electron chi connectivity index (χ4n) is 3.11. The lowest BCUT2D eigenvalue weighted by Gasteiger charge is -2.40. The molecule has 0 aromatic heterocycles. The number of carbonyl (C=O) groups is 2. The predicted octanol–water partition coefficient (Wildman–Crippen LogP) is 3.92. The lowest BCUT2D eigenvalue weighted by Crippen LogP contribution is -2.43. The van der Waals surface area contributed by atoms with Gasteiger partial charge in [-0.2, -0.15) is 0 Å². The third-order valence-electron chi connectivity index (χ3n) is 4.68. The van der Waals surface area contributed by atoms with Crippen LogP contribution in [0, 0.1) is 5.92 Å². The van der Waals surface area contributed by atoms with E-state index in [1.54, 1.807) is 0 Å². The Morgan fingerprint density at radius 3 is 1.75 bits per heavy atom. The van der Waals surface area contributed by atoms with Crippen molar-refractivity contribution in [2.24, 2.45) is 5.92 Å². The maximum absolute atomic E-state index is 10.5. The van der Waals surface area contributed by atoms with Crippen LogP contribution in [-0.2, 0) is 9.59 Å². The Balaban J connectivity index is 0.000000409. The lowest BCUT2D eigenvalue weighted by atomic mass is 9.81. The molecule has 0 aliphatic carbocycles. The van der Waals surface area contributed by atoms with E-state index in [1.165, 1.54) is 0 Å². The van der Waals surface area contributed by atoms with E-state index in [1.807, 2.05) is 48.5 Å². The Morgan fingerprint density at radius 2 is 1.32 bits per heavy atom. The summed E-state index contributed by atoms with van der Waals surface area (Å²) in [5, 5.41) is 30.3. The van der Waals surface area contributed by atoms with Gasteiger partial charge in [-0.1, -0.05) is 54.4 Å². The van der Waals surface area contributed by atoms with Crippen LogP contribution < -0.4 is 5.32 Å². The van der Waals surface area contributed by atoms with E-state index in [-0.39, 0.29) is 24.1 Å². The Bertz CT molecular complexity index is 798. The Morgan fingerprint density at radius 1 is 0.893 bits per heavy atom. The van der Waals surface area contributed by atoms with Crippen molar-refractivity contribution >= 4 is 35.1 Å². The first-order valence-electron chi connectivity index (χ1n) is 8.60. The molecule has 150 valence electrons. The number of benzene rings is 2. The largest absolute Gasteiger partial charge is 0.473 e. The highest BCUT2D eigenvalue weighted by Crippen LogP contribution is 2.37. The minimum Gasteiger partial charge on any atom is -0.473 e. The first kappa shape index (κ1) is 22.2. The summed E-state index contributed by atoms with van der Waals surface area (Å²) >= 11 is 11.9. The molecule has 1 heterocycles. The SMILES string of the molecule is CC1C(O)CC(c2ccc(Cl)cc2)NC1c1ccc(Cl)cc1.O=C(O)C(=O)O. The summed E-state index contributed by atoms with van der Waals surface area (Å²) < 4.78 is 0. The topological polar surface area (TPSA) is 107 Å². The second kappa shape index (κ2) is 9.89. The summed E-state index contributed by atoms with van der Waals surface area (Å²) in [6.45, 7) is 2.08. The number of aliphatic hydroxyl groups excluding tert-OH is 1. The molecule has 1 aliphatic heterocycles. The normalized spacial score (nSPS) is 24.0. The molecule has 0 amide bonds. The summed E-state index contributed by atoms with van der Waals surface area (Å²) in [6, 6.07) is 15.9. The van der Waals surface area contributed by atoms with Crippen LogP contribution in [0.1, 0.15) is 36.6 Å². The maximum Gasteiger partial charge on any atom is 0.414 e. The highest BCUT2D eigenvalue weighted by molar-refractivity contribution is 6.30. The van der Waals surface area contributed by atoms with Crippen molar-refractivity contribution in [3.05, 3.63) is 69.7 Å². The van der Waals surface area contributed by atoms with Crippen LogP contribution in [0.3, 0.4) is 0 Å². The van der Waals surface area contributed by atoms with Gasteiger partial charge in [0.1, 0.15) is 0 Å². The smallest absolute Gasteiger partial charge is 0.414 e. The summed E-state index contributed by atoms with van der Waals surface area (Å²) in [5.41, 5.74) is 2.30. The molecule has 2 aromatic carbocycles. The third kappa shape index (κ3) is 5.94. The number of carboxylic acid groups (broad SMARTS) is 2. The molecule has 0 saturated carbocycles. The molecule has 1 fully saturated rings. The average Bonchev–Trinajstić information content (AvgIpc) is 2.66. The number of aliphatic carboxylic acids is 2. The van der Waals surface area contributed by atoms with Crippen LogP contribution in [0.15, 0.2) is 48.5 Å². The molecule has 4 atom stereocenters.